The molecule has 2 rings (SSSR count). The minimum atomic E-state index is 0.0177. The fraction of sp³-hybridized carbons (Fsp3) is 0.381. The summed E-state index contributed by atoms with van der Waals surface area (Å²) in [5.41, 5.74) is 1.34. The van der Waals surface area contributed by atoms with E-state index in [1.54, 1.807) is 0 Å². The van der Waals surface area contributed by atoms with Gasteiger partial charge in [-0.25, -0.2) is 0 Å². The molecule has 0 aliphatic carbocycles. The predicted octanol–water partition coefficient (Wildman–Crippen LogP) is 5.66. The zero-order valence-corrected chi connectivity index (χ0v) is 14.0. The first kappa shape index (κ1) is 17.3. The third kappa shape index (κ3) is 5.55. The van der Waals surface area contributed by atoms with E-state index >= 15 is 0 Å². The lowest BCUT2D eigenvalue weighted by Gasteiger charge is -2.11. The maximum Gasteiger partial charge on any atom is 0.196 e. The molecule has 0 fully saturated rings. The number of carbonyl (C=O) groups excluding carboxylic acids is 1. The molecular weight excluding hydrogens is 284 g/mol. The Morgan fingerprint density at radius 3 is 2.26 bits per heavy atom. The summed E-state index contributed by atoms with van der Waals surface area (Å²) >= 11 is 0. The number of unbranched alkanes of at least 4 members (excludes halogenated alkanes) is 5. The Morgan fingerprint density at radius 1 is 0.826 bits per heavy atom. The number of benzene rings is 2. The summed E-state index contributed by atoms with van der Waals surface area (Å²) < 4.78 is 5.87. The summed E-state index contributed by atoms with van der Waals surface area (Å²) in [6, 6.07) is 16.9. The van der Waals surface area contributed by atoms with Gasteiger partial charge >= 0.3 is 0 Å². The average Bonchev–Trinajstić information content (AvgIpc) is 2.61. The third-order valence-electron chi connectivity index (χ3n) is 3.92. The molecule has 0 saturated carbocycles. The van der Waals surface area contributed by atoms with Gasteiger partial charge in [-0.1, -0.05) is 81.5 Å². The van der Waals surface area contributed by atoms with E-state index in [-0.39, 0.29) is 5.78 Å². The van der Waals surface area contributed by atoms with Crippen LogP contribution in [-0.4, -0.2) is 12.4 Å². The highest BCUT2D eigenvalue weighted by Gasteiger charge is 2.13. The Kier molecular flexibility index (Phi) is 7.38. The van der Waals surface area contributed by atoms with Crippen molar-refractivity contribution in [3.63, 3.8) is 0 Å². The normalized spacial score (nSPS) is 10.5. The zero-order valence-electron chi connectivity index (χ0n) is 14.0. The Labute approximate surface area is 139 Å². The molecule has 0 amide bonds. The molecule has 2 nitrogen and oxygen atoms in total. The standard InChI is InChI=1S/C21H26O2/c1-2-3-4-5-6-12-17-23-20-16-11-10-15-19(20)21(22)18-13-8-7-9-14-18/h7-11,13-16H,2-6,12,17H2,1H3. The zero-order chi connectivity index (χ0) is 16.3. The fourth-order valence-corrected chi connectivity index (χ4v) is 2.59. The number of rotatable bonds is 10. The van der Waals surface area contributed by atoms with Crippen molar-refractivity contribution < 1.29 is 9.53 Å². The molecule has 0 aliphatic rings. The van der Waals surface area contributed by atoms with E-state index in [1.807, 2.05) is 54.6 Å². The number of ether oxygens (including phenoxy) is 1. The number of hydrogen-bond donors (Lipinski definition) is 0. The van der Waals surface area contributed by atoms with Crippen molar-refractivity contribution in [3.05, 3.63) is 65.7 Å². The van der Waals surface area contributed by atoms with Gasteiger partial charge in [0.15, 0.2) is 5.78 Å². The minimum Gasteiger partial charge on any atom is -0.493 e. The van der Waals surface area contributed by atoms with Crippen LogP contribution in [0.5, 0.6) is 5.75 Å². The molecule has 0 atom stereocenters. The van der Waals surface area contributed by atoms with Crippen LogP contribution in [0.2, 0.25) is 0 Å². The molecule has 0 N–H and O–H groups in total. The number of carbonyl (C=O) groups is 1. The van der Waals surface area contributed by atoms with Crippen LogP contribution in [0.4, 0.5) is 0 Å². The van der Waals surface area contributed by atoms with E-state index in [4.69, 9.17) is 4.74 Å². The second-order valence-corrected chi connectivity index (χ2v) is 5.81. The van der Waals surface area contributed by atoms with Gasteiger partial charge in [0.2, 0.25) is 0 Å². The summed E-state index contributed by atoms with van der Waals surface area (Å²) in [5.74, 6) is 0.707. The third-order valence-corrected chi connectivity index (χ3v) is 3.92. The molecule has 0 saturated heterocycles. The van der Waals surface area contributed by atoms with Crippen molar-refractivity contribution in [1.82, 2.24) is 0 Å². The summed E-state index contributed by atoms with van der Waals surface area (Å²) in [6.07, 6.45) is 7.38. The lowest BCUT2D eigenvalue weighted by atomic mass is 10.0. The minimum absolute atomic E-state index is 0.0177. The lowest BCUT2D eigenvalue weighted by molar-refractivity contribution is 0.103. The summed E-state index contributed by atoms with van der Waals surface area (Å²) in [6.45, 7) is 2.90. The van der Waals surface area contributed by atoms with Crippen LogP contribution < -0.4 is 4.74 Å². The summed E-state index contributed by atoms with van der Waals surface area (Å²) in [5, 5.41) is 0. The van der Waals surface area contributed by atoms with Crippen molar-refractivity contribution in [2.45, 2.75) is 45.4 Å². The maximum atomic E-state index is 12.6. The average molecular weight is 310 g/mol. The molecule has 0 aromatic heterocycles. The molecule has 0 radical (unpaired) electrons. The second-order valence-electron chi connectivity index (χ2n) is 5.81. The highest BCUT2D eigenvalue weighted by atomic mass is 16.5. The van der Waals surface area contributed by atoms with Crippen molar-refractivity contribution in [1.29, 1.82) is 0 Å². The fourth-order valence-electron chi connectivity index (χ4n) is 2.59. The smallest absolute Gasteiger partial charge is 0.196 e. The van der Waals surface area contributed by atoms with Gasteiger partial charge < -0.3 is 4.74 Å². The van der Waals surface area contributed by atoms with E-state index in [0.717, 1.165) is 6.42 Å². The summed E-state index contributed by atoms with van der Waals surface area (Å²) in [4.78, 5) is 12.6. The largest absolute Gasteiger partial charge is 0.493 e. The molecule has 0 spiro atoms. The Balaban J connectivity index is 1.89. The van der Waals surface area contributed by atoms with Crippen LogP contribution in [0.15, 0.2) is 54.6 Å². The van der Waals surface area contributed by atoms with Crippen molar-refractivity contribution in [3.8, 4) is 5.75 Å². The summed E-state index contributed by atoms with van der Waals surface area (Å²) in [7, 11) is 0. The highest BCUT2D eigenvalue weighted by Crippen LogP contribution is 2.22. The molecule has 0 bridgehead atoms. The molecule has 0 aliphatic heterocycles. The Hall–Kier alpha value is -2.09. The molecule has 2 heteroatoms. The van der Waals surface area contributed by atoms with Crippen LogP contribution >= 0.6 is 0 Å². The molecule has 2 aromatic rings. The van der Waals surface area contributed by atoms with E-state index in [2.05, 4.69) is 6.92 Å². The van der Waals surface area contributed by atoms with E-state index in [1.165, 1.54) is 32.1 Å². The van der Waals surface area contributed by atoms with Gasteiger partial charge in [0.25, 0.3) is 0 Å². The molecular formula is C21H26O2. The predicted molar refractivity (Wildman–Crippen MR) is 95.2 cm³/mol. The molecule has 23 heavy (non-hydrogen) atoms. The number of ketones is 1. The van der Waals surface area contributed by atoms with Crippen LogP contribution in [0.3, 0.4) is 0 Å². The lowest BCUT2D eigenvalue weighted by Crippen LogP contribution is -2.06. The Bertz CT molecular complexity index is 590. The quantitative estimate of drug-likeness (QED) is 0.418. The monoisotopic (exact) mass is 310 g/mol. The SMILES string of the molecule is CCCCCCCCOc1ccccc1C(=O)c1ccccc1. The molecule has 0 heterocycles. The van der Waals surface area contributed by atoms with Gasteiger partial charge in [-0.15, -0.1) is 0 Å². The van der Waals surface area contributed by atoms with Gasteiger partial charge in [0.1, 0.15) is 5.75 Å². The number of hydrogen-bond acceptors (Lipinski definition) is 2. The van der Waals surface area contributed by atoms with E-state index < -0.39 is 0 Å². The molecule has 0 unspecified atom stereocenters. The first-order valence-electron chi connectivity index (χ1n) is 8.64. The van der Waals surface area contributed by atoms with E-state index in [0.29, 0.717) is 23.5 Å². The first-order chi connectivity index (χ1) is 11.3. The topological polar surface area (TPSA) is 26.3 Å². The van der Waals surface area contributed by atoms with Gasteiger partial charge in [-0.3, -0.25) is 4.79 Å². The van der Waals surface area contributed by atoms with Crippen molar-refractivity contribution in [2.75, 3.05) is 6.61 Å². The molecule has 122 valence electrons. The van der Waals surface area contributed by atoms with Gasteiger partial charge in [-0.2, -0.15) is 0 Å². The van der Waals surface area contributed by atoms with Gasteiger partial charge in [0.05, 0.1) is 12.2 Å². The van der Waals surface area contributed by atoms with Crippen molar-refractivity contribution >= 4 is 5.78 Å². The van der Waals surface area contributed by atoms with Crippen LogP contribution in [0.1, 0.15) is 61.4 Å². The highest BCUT2D eigenvalue weighted by molar-refractivity contribution is 6.10. The number of para-hydroxylation sites is 1. The first-order valence-corrected chi connectivity index (χ1v) is 8.64. The maximum absolute atomic E-state index is 12.6. The van der Waals surface area contributed by atoms with Crippen LogP contribution in [0, 0.1) is 0 Å². The van der Waals surface area contributed by atoms with Crippen molar-refractivity contribution in [2.24, 2.45) is 0 Å². The van der Waals surface area contributed by atoms with Crippen LogP contribution in [-0.2, 0) is 0 Å². The van der Waals surface area contributed by atoms with Gasteiger partial charge in [-0.05, 0) is 18.6 Å². The van der Waals surface area contributed by atoms with E-state index in [9.17, 15) is 4.79 Å². The molecule has 2 aromatic carbocycles. The Morgan fingerprint density at radius 2 is 1.48 bits per heavy atom. The van der Waals surface area contributed by atoms with Crippen LogP contribution in [0.25, 0.3) is 0 Å². The van der Waals surface area contributed by atoms with Gasteiger partial charge in [0, 0.05) is 5.56 Å². The second kappa shape index (κ2) is 9.83.